The molecule has 3 nitrogen and oxygen atoms in total. The van der Waals surface area contributed by atoms with Gasteiger partial charge in [-0.1, -0.05) is 20.3 Å². The van der Waals surface area contributed by atoms with Crippen LogP contribution < -0.4 is 10.1 Å². The molecule has 0 spiro atoms. The molecule has 1 aromatic heterocycles. The molecule has 1 fully saturated rings. The number of ether oxygens (including phenoxy) is 1. The quantitative estimate of drug-likeness (QED) is 0.767. The lowest BCUT2D eigenvalue weighted by Gasteiger charge is -2.12. The minimum Gasteiger partial charge on any atom is -0.477 e. The highest BCUT2D eigenvalue weighted by Gasteiger charge is 2.19. The van der Waals surface area contributed by atoms with E-state index in [1.165, 1.54) is 31.2 Å². The van der Waals surface area contributed by atoms with Gasteiger partial charge < -0.3 is 10.1 Å². The van der Waals surface area contributed by atoms with E-state index in [-0.39, 0.29) is 0 Å². The molecule has 100 valence electrons. The minimum atomic E-state index is 0.602. The van der Waals surface area contributed by atoms with Crippen molar-refractivity contribution in [3.05, 3.63) is 23.9 Å². The molecule has 0 aliphatic heterocycles. The van der Waals surface area contributed by atoms with Crippen molar-refractivity contribution in [3.8, 4) is 5.88 Å². The van der Waals surface area contributed by atoms with Gasteiger partial charge in [0.2, 0.25) is 5.88 Å². The second-order valence-corrected chi connectivity index (χ2v) is 5.36. The van der Waals surface area contributed by atoms with Crippen LogP contribution >= 0.6 is 0 Å². The summed E-state index contributed by atoms with van der Waals surface area (Å²) in [4.78, 5) is 4.26. The zero-order valence-corrected chi connectivity index (χ0v) is 11.5. The average Bonchev–Trinajstić information content (AvgIpc) is 3.19. The predicted molar refractivity (Wildman–Crippen MR) is 73.7 cm³/mol. The predicted octanol–water partition coefficient (Wildman–Crippen LogP) is 3.15. The zero-order valence-electron chi connectivity index (χ0n) is 11.5. The van der Waals surface area contributed by atoms with Crippen LogP contribution in [0, 0.1) is 5.92 Å². The first-order chi connectivity index (χ1) is 8.78. The molecule has 1 aliphatic rings. The Morgan fingerprint density at radius 2 is 2.33 bits per heavy atom. The zero-order chi connectivity index (χ0) is 12.8. The molecule has 1 N–H and O–H groups in total. The Balaban J connectivity index is 1.78. The molecule has 0 saturated heterocycles. The van der Waals surface area contributed by atoms with Crippen LogP contribution in [-0.4, -0.2) is 17.6 Å². The lowest BCUT2D eigenvalue weighted by molar-refractivity contribution is 0.243. The maximum absolute atomic E-state index is 5.74. The van der Waals surface area contributed by atoms with E-state index in [4.69, 9.17) is 4.74 Å². The molecule has 18 heavy (non-hydrogen) atoms. The van der Waals surface area contributed by atoms with Gasteiger partial charge in [0.1, 0.15) is 0 Å². The van der Waals surface area contributed by atoms with Crippen molar-refractivity contribution in [3.63, 3.8) is 0 Å². The fourth-order valence-electron chi connectivity index (χ4n) is 1.99. The van der Waals surface area contributed by atoms with E-state index < -0.39 is 0 Å². The number of hydrogen-bond acceptors (Lipinski definition) is 3. The molecule has 0 amide bonds. The fourth-order valence-corrected chi connectivity index (χ4v) is 1.99. The molecule has 1 aromatic rings. The second kappa shape index (κ2) is 6.74. The van der Waals surface area contributed by atoms with Crippen LogP contribution in [0.5, 0.6) is 5.88 Å². The summed E-state index contributed by atoms with van der Waals surface area (Å²) >= 11 is 0. The van der Waals surface area contributed by atoms with Gasteiger partial charge in [-0.25, -0.2) is 4.98 Å². The van der Waals surface area contributed by atoms with E-state index in [1.54, 1.807) is 0 Å². The van der Waals surface area contributed by atoms with E-state index in [1.807, 2.05) is 12.3 Å². The van der Waals surface area contributed by atoms with Crippen LogP contribution in [0.3, 0.4) is 0 Å². The third-order valence-electron chi connectivity index (χ3n) is 3.27. The number of nitrogens with zero attached hydrogens (tertiary/aromatic N) is 1. The van der Waals surface area contributed by atoms with Gasteiger partial charge in [0.15, 0.2) is 0 Å². The Bertz CT molecular complexity index is 363. The maximum atomic E-state index is 5.74. The van der Waals surface area contributed by atoms with E-state index in [2.05, 4.69) is 30.2 Å². The maximum Gasteiger partial charge on any atom is 0.213 e. The summed E-state index contributed by atoms with van der Waals surface area (Å²) in [5.41, 5.74) is 1.26. The molecule has 1 aliphatic carbocycles. The van der Waals surface area contributed by atoms with Gasteiger partial charge in [-0.15, -0.1) is 0 Å². The highest BCUT2D eigenvalue weighted by molar-refractivity contribution is 5.20. The van der Waals surface area contributed by atoms with Crippen LogP contribution in [-0.2, 0) is 6.54 Å². The van der Waals surface area contributed by atoms with Crippen LogP contribution in [0.25, 0.3) is 0 Å². The molecule has 1 atom stereocenters. The van der Waals surface area contributed by atoms with Crippen LogP contribution in [0.2, 0.25) is 0 Å². The fraction of sp³-hybridized carbons (Fsp3) is 0.667. The molecular weight excluding hydrogens is 224 g/mol. The van der Waals surface area contributed by atoms with Crippen molar-refractivity contribution in [1.29, 1.82) is 0 Å². The third-order valence-corrected chi connectivity index (χ3v) is 3.27. The summed E-state index contributed by atoms with van der Waals surface area (Å²) in [5.74, 6) is 1.36. The average molecular weight is 248 g/mol. The molecule has 2 rings (SSSR count). The Kier molecular flexibility index (Phi) is 5.00. The van der Waals surface area contributed by atoms with E-state index in [0.717, 1.165) is 25.1 Å². The molecule has 0 radical (unpaired) electrons. The van der Waals surface area contributed by atoms with Gasteiger partial charge in [0.25, 0.3) is 0 Å². The summed E-state index contributed by atoms with van der Waals surface area (Å²) in [6.45, 7) is 6.12. The second-order valence-electron chi connectivity index (χ2n) is 5.36. The molecule has 0 bridgehead atoms. The number of hydrogen-bond donors (Lipinski definition) is 1. The molecule has 1 unspecified atom stereocenters. The van der Waals surface area contributed by atoms with E-state index in [0.29, 0.717) is 5.92 Å². The van der Waals surface area contributed by atoms with Gasteiger partial charge in [-0.05, 0) is 36.8 Å². The summed E-state index contributed by atoms with van der Waals surface area (Å²) in [5, 5.41) is 3.50. The van der Waals surface area contributed by atoms with Crippen LogP contribution in [0.4, 0.5) is 0 Å². The van der Waals surface area contributed by atoms with Gasteiger partial charge in [0.05, 0.1) is 6.61 Å². The summed E-state index contributed by atoms with van der Waals surface area (Å²) < 4.78 is 5.74. The van der Waals surface area contributed by atoms with Crippen molar-refractivity contribution in [2.45, 2.75) is 52.1 Å². The number of pyridine rings is 1. The lowest BCUT2D eigenvalue weighted by atomic mass is 10.1. The Hall–Kier alpha value is -1.09. The standard InChI is InChI=1S/C15H24N2O/c1-3-4-12(2)11-18-15-9-13(7-8-16-15)10-17-14-5-6-14/h7-9,12,14,17H,3-6,10-11H2,1-2H3. The Labute approximate surface area is 110 Å². The molecule has 0 aromatic carbocycles. The van der Waals surface area contributed by atoms with Crippen molar-refractivity contribution in [2.75, 3.05) is 6.61 Å². The molecule has 1 saturated carbocycles. The highest BCUT2D eigenvalue weighted by Crippen LogP contribution is 2.20. The van der Waals surface area contributed by atoms with Gasteiger partial charge >= 0.3 is 0 Å². The SMILES string of the molecule is CCCC(C)COc1cc(CNC2CC2)ccn1. The lowest BCUT2D eigenvalue weighted by Crippen LogP contribution is -2.15. The Morgan fingerprint density at radius 1 is 1.50 bits per heavy atom. The topological polar surface area (TPSA) is 34.1 Å². The minimum absolute atomic E-state index is 0.602. The molecule has 1 heterocycles. The van der Waals surface area contributed by atoms with E-state index >= 15 is 0 Å². The Morgan fingerprint density at radius 3 is 3.06 bits per heavy atom. The molecule has 3 heteroatoms. The normalized spacial score (nSPS) is 16.6. The van der Waals surface area contributed by atoms with Crippen molar-refractivity contribution in [1.82, 2.24) is 10.3 Å². The monoisotopic (exact) mass is 248 g/mol. The summed E-state index contributed by atoms with van der Waals surface area (Å²) in [6.07, 6.45) is 6.90. The van der Waals surface area contributed by atoms with Crippen molar-refractivity contribution >= 4 is 0 Å². The number of aromatic nitrogens is 1. The van der Waals surface area contributed by atoms with Crippen molar-refractivity contribution < 1.29 is 4.74 Å². The summed E-state index contributed by atoms with van der Waals surface area (Å²) in [7, 11) is 0. The smallest absolute Gasteiger partial charge is 0.213 e. The van der Waals surface area contributed by atoms with Crippen LogP contribution in [0.1, 0.15) is 45.1 Å². The molecular formula is C15H24N2O. The van der Waals surface area contributed by atoms with Crippen LogP contribution in [0.15, 0.2) is 18.3 Å². The first kappa shape index (κ1) is 13.3. The highest BCUT2D eigenvalue weighted by atomic mass is 16.5. The van der Waals surface area contributed by atoms with Gasteiger partial charge in [-0.2, -0.15) is 0 Å². The summed E-state index contributed by atoms with van der Waals surface area (Å²) in [6, 6.07) is 4.85. The van der Waals surface area contributed by atoms with E-state index in [9.17, 15) is 0 Å². The first-order valence-corrected chi connectivity index (χ1v) is 7.09. The number of rotatable bonds is 8. The van der Waals surface area contributed by atoms with Gasteiger partial charge in [-0.3, -0.25) is 0 Å². The third kappa shape index (κ3) is 4.65. The first-order valence-electron chi connectivity index (χ1n) is 7.09. The number of nitrogens with one attached hydrogen (secondary N) is 1. The largest absolute Gasteiger partial charge is 0.477 e. The van der Waals surface area contributed by atoms with Crippen molar-refractivity contribution in [2.24, 2.45) is 5.92 Å². The van der Waals surface area contributed by atoms with Gasteiger partial charge in [0, 0.05) is 24.8 Å².